The first-order chi connectivity index (χ1) is 7.57. The normalized spacial score (nSPS) is 18.8. The van der Waals surface area contributed by atoms with E-state index >= 15 is 0 Å². The van der Waals surface area contributed by atoms with Crippen LogP contribution in [-0.2, 0) is 0 Å². The van der Waals surface area contributed by atoms with Crippen molar-refractivity contribution < 1.29 is 13.2 Å². The maximum Gasteiger partial charge on any atom is 0.391 e. The molecule has 0 bridgehead atoms. The zero-order valence-electron chi connectivity index (χ0n) is 8.61. The summed E-state index contributed by atoms with van der Waals surface area (Å²) in [6.07, 6.45) is -0.762. The van der Waals surface area contributed by atoms with Gasteiger partial charge in [-0.05, 0) is 18.9 Å². The highest BCUT2D eigenvalue weighted by molar-refractivity contribution is 5.36. The molecule has 0 aromatic carbocycles. The molecule has 1 fully saturated rings. The summed E-state index contributed by atoms with van der Waals surface area (Å²) in [4.78, 5) is 9.66. The molecule has 2 heterocycles. The Hall–Kier alpha value is -1.33. The number of rotatable bonds is 1. The van der Waals surface area contributed by atoms with Gasteiger partial charge in [-0.3, -0.25) is 0 Å². The maximum atomic E-state index is 12.4. The molecule has 1 aromatic rings. The molecule has 0 saturated carbocycles. The largest absolute Gasteiger partial charge is 0.391 e. The minimum atomic E-state index is -4.06. The van der Waals surface area contributed by atoms with Crippen molar-refractivity contribution in [3.8, 4) is 0 Å². The van der Waals surface area contributed by atoms with Gasteiger partial charge in [-0.15, -0.1) is 0 Å². The standard InChI is InChI=1S/C10H12F3N3/c11-10(12,13)8-2-5-16(6-3-8)9-1-4-14-7-15-9/h1,4,7-8H,2-3,5-6H2. The average Bonchev–Trinajstić information content (AvgIpc) is 2.29. The molecule has 1 aliphatic heterocycles. The first-order valence-corrected chi connectivity index (χ1v) is 5.15. The van der Waals surface area contributed by atoms with E-state index in [0.717, 1.165) is 0 Å². The van der Waals surface area contributed by atoms with E-state index in [-0.39, 0.29) is 12.8 Å². The maximum absolute atomic E-state index is 12.4. The fraction of sp³-hybridized carbons (Fsp3) is 0.600. The third kappa shape index (κ3) is 2.43. The third-order valence-electron chi connectivity index (χ3n) is 2.85. The monoisotopic (exact) mass is 231 g/mol. The van der Waals surface area contributed by atoms with Crippen molar-refractivity contribution in [2.24, 2.45) is 5.92 Å². The molecular weight excluding hydrogens is 219 g/mol. The van der Waals surface area contributed by atoms with Gasteiger partial charge in [0, 0.05) is 19.3 Å². The van der Waals surface area contributed by atoms with Crippen LogP contribution in [0.1, 0.15) is 12.8 Å². The SMILES string of the molecule is FC(F)(F)C1CCN(c2ccncn2)CC1. The van der Waals surface area contributed by atoms with E-state index in [9.17, 15) is 13.2 Å². The number of hydrogen-bond acceptors (Lipinski definition) is 3. The van der Waals surface area contributed by atoms with E-state index in [0.29, 0.717) is 18.9 Å². The van der Waals surface area contributed by atoms with Crippen molar-refractivity contribution in [1.29, 1.82) is 0 Å². The number of aromatic nitrogens is 2. The van der Waals surface area contributed by atoms with E-state index in [2.05, 4.69) is 9.97 Å². The van der Waals surface area contributed by atoms with Crippen LogP contribution in [0.15, 0.2) is 18.6 Å². The van der Waals surface area contributed by atoms with E-state index in [1.54, 1.807) is 12.3 Å². The fourth-order valence-corrected chi connectivity index (χ4v) is 1.91. The van der Waals surface area contributed by atoms with Crippen LogP contribution < -0.4 is 4.90 Å². The predicted octanol–water partition coefficient (Wildman–Crippen LogP) is 2.26. The third-order valence-corrected chi connectivity index (χ3v) is 2.85. The Balaban J connectivity index is 1.96. The summed E-state index contributed by atoms with van der Waals surface area (Å²) in [7, 11) is 0. The van der Waals surface area contributed by atoms with Crippen molar-refractivity contribution in [2.75, 3.05) is 18.0 Å². The summed E-state index contributed by atoms with van der Waals surface area (Å²) in [5, 5.41) is 0. The molecule has 0 radical (unpaired) electrons. The molecule has 0 amide bonds. The quantitative estimate of drug-likeness (QED) is 0.742. The van der Waals surface area contributed by atoms with Gasteiger partial charge in [0.1, 0.15) is 12.1 Å². The van der Waals surface area contributed by atoms with Crippen LogP contribution in [0.25, 0.3) is 0 Å². The highest BCUT2D eigenvalue weighted by Gasteiger charge is 2.41. The molecule has 1 saturated heterocycles. The van der Waals surface area contributed by atoms with Gasteiger partial charge in [-0.25, -0.2) is 9.97 Å². The van der Waals surface area contributed by atoms with Gasteiger partial charge in [-0.2, -0.15) is 13.2 Å². The summed E-state index contributed by atoms with van der Waals surface area (Å²) in [5.41, 5.74) is 0. The number of anilines is 1. The molecule has 0 spiro atoms. The number of alkyl halides is 3. The van der Waals surface area contributed by atoms with Gasteiger partial charge < -0.3 is 4.90 Å². The van der Waals surface area contributed by atoms with E-state index in [4.69, 9.17) is 0 Å². The lowest BCUT2D eigenvalue weighted by atomic mass is 9.96. The van der Waals surface area contributed by atoms with E-state index < -0.39 is 12.1 Å². The van der Waals surface area contributed by atoms with Crippen molar-refractivity contribution in [3.63, 3.8) is 0 Å². The van der Waals surface area contributed by atoms with Crippen LogP contribution in [0.4, 0.5) is 19.0 Å². The van der Waals surface area contributed by atoms with E-state index in [1.807, 2.05) is 4.90 Å². The first-order valence-electron chi connectivity index (χ1n) is 5.15. The lowest BCUT2D eigenvalue weighted by Crippen LogP contribution is -2.39. The Morgan fingerprint density at radius 3 is 2.44 bits per heavy atom. The van der Waals surface area contributed by atoms with Gasteiger partial charge in [0.2, 0.25) is 0 Å². The molecule has 88 valence electrons. The summed E-state index contributed by atoms with van der Waals surface area (Å²) in [6.45, 7) is 0.808. The number of halogens is 3. The number of nitrogens with zero attached hydrogens (tertiary/aromatic N) is 3. The Morgan fingerprint density at radius 2 is 1.94 bits per heavy atom. The Bertz CT molecular complexity index is 331. The number of piperidine rings is 1. The zero-order chi connectivity index (χ0) is 11.6. The van der Waals surface area contributed by atoms with E-state index in [1.165, 1.54) is 6.33 Å². The molecular formula is C10H12F3N3. The topological polar surface area (TPSA) is 29.0 Å². The molecule has 0 aliphatic carbocycles. The minimum Gasteiger partial charge on any atom is -0.356 e. The van der Waals surface area contributed by atoms with Crippen LogP contribution in [-0.4, -0.2) is 29.2 Å². The van der Waals surface area contributed by atoms with Gasteiger partial charge in [-0.1, -0.05) is 0 Å². The molecule has 0 N–H and O–H groups in total. The van der Waals surface area contributed by atoms with Crippen LogP contribution in [0.3, 0.4) is 0 Å². The van der Waals surface area contributed by atoms with Crippen molar-refractivity contribution >= 4 is 5.82 Å². The molecule has 1 aliphatic rings. The summed E-state index contributed by atoms with van der Waals surface area (Å²) >= 11 is 0. The summed E-state index contributed by atoms with van der Waals surface area (Å²) in [5.74, 6) is -0.457. The molecule has 0 unspecified atom stereocenters. The van der Waals surface area contributed by atoms with Gasteiger partial charge in [0.05, 0.1) is 5.92 Å². The van der Waals surface area contributed by atoms with Crippen molar-refractivity contribution in [3.05, 3.63) is 18.6 Å². The second-order valence-corrected chi connectivity index (χ2v) is 3.87. The lowest BCUT2D eigenvalue weighted by Gasteiger charge is -2.33. The summed E-state index contributed by atoms with van der Waals surface area (Å²) < 4.78 is 37.3. The number of hydrogen-bond donors (Lipinski definition) is 0. The Labute approximate surface area is 91.3 Å². The Morgan fingerprint density at radius 1 is 1.25 bits per heavy atom. The molecule has 16 heavy (non-hydrogen) atoms. The second-order valence-electron chi connectivity index (χ2n) is 3.87. The highest BCUT2D eigenvalue weighted by Crippen LogP contribution is 2.34. The molecule has 3 nitrogen and oxygen atoms in total. The zero-order valence-corrected chi connectivity index (χ0v) is 8.61. The molecule has 1 aromatic heterocycles. The van der Waals surface area contributed by atoms with Gasteiger partial charge in [0.15, 0.2) is 0 Å². The second kappa shape index (κ2) is 4.27. The van der Waals surface area contributed by atoms with Crippen LogP contribution in [0.2, 0.25) is 0 Å². The minimum absolute atomic E-state index is 0.146. The molecule has 0 atom stereocenters. The summed E-state index contributed by atoms with van der Waals surface area (Å²) in [6, 6.07) is 1.72. The predicted molar refractivity (Wildman–Crippen MR) is 53.0 cm³/mol. The fourth-order valence-electron chi connectivity index (χ4n) is 1.91. The Kier molecular flexibility index (Phi) is 2.98. The van der Waals surface area contributed by atoms with Crippen LogP contribution >= 0.6 is 0 Å². The van der Waals surface area contributed by atoms with Crippen LogP contribution in [0, 0.1) is 5.92 Å². The highest BCUT2D eigenvalue weighted by atomic mass is 19.4. The lowest BCUT2D eigenvalue weighted by molar-refractivity contribution is -0.179. The smallest absolute Gasteiger partial charge is 0.356 e. The first kappa shape index (κ1) is 11.2. The molecule has 2 rings (SSSR count). The van der Waals surface area contributed by atoms with Crippen molar-refractivity contribution in [2.45, 2.75) is 19.0 Å². The average molecular weight is 231 g/mol. The van der Waals surface area contributed by atoms with Crippen molar-refractivity contribution in [1.82, 2.24) is 9.97 Å². The van der Waals surface area contributed by atoms with Crippen LogP contribution in [0.5, 0.6) is 0 Å². The molecule has 6 heteroatoms. The van der Waals surface area contributed by atoms with Gasteiger partial charge in [0.25, 0.3) is 0 Å². The van der Waals surface area contributed by atoms with Gasteiger partial charge >= 0.3 is 6.18 Å².